The standard InChI is InChI=1S/C14H12N2O2/c1-2-4-11(17)7-14(18)12-6-3-5-10(8-15)13(12)9-16/h3,5-6H,2,4,7H2,1H3. The molecule has 0 aromatic heterocycles. The van der Waals surface area contributed by atoms with Crippen LogP contribution in [-0.2, 0) is 4.79 Å². The molecule has 1 aromatic rings. The molecule has 0 radical (unpaired) electrons. The number of ketones is 2. The van der Waals surface area contributed by atoms with Crippen LogP contribution in [0, 0.1) is 22.7 Å². The lowest BCUT2D eigenvalue weighted by Gasteiger charge is -2.03. The zero-order valence-electron chi connectivity index (χ0n) is 10.1. The Kier molecular flexibility index (Phi) is 4.78. The van der Waals surface area contributed by atoms with E-state index in [1.807, 2.05) is 19.1 Å². The molecular formula is C14H12N2O2. The van der Waals surface area contributed by atoms with Crippen LogP contribution in [0.25, 0.3) is 0 Å². The number of nitrogens with zero attached hydrogens (tertiary/aromatic N) is 2. The van der Waals surface area contributed by atoms with Crippen molar-refractivity contribution >= 4 is 11.6 Å². The van der Waals surface area contributed by atoms with Gasteiger partial charge in [-0.15, -0.1) is 0 Å². The summed E-state index contributed by atoms with van der Waals surface area (Å²) < 4.78 is 0. The maximum Gasteiger partial charge on any atom is 0.171 e. The first-order chi connectivity index (χ1) is 8.63. The highest BCUT2D eigenvalue weighted by Gasteiger charge is 2.17. The summed E-state index contributed by atoms with van der Waals surface area (Å²) in [5, 5.41) is 17.8. The van der Waals surface area contributed by atoms with Crippen LogP contribution in [0.2, 0.25) is 0 Å². The van der Waals surface area contributed by atoms with Gasteiger partial charge in [-0.2, -0.15) is 10.5 Å². The molecule has 4 heteroatoms. The Balaban J connectivity index is 3.04. The van der Waals surface area contributed by atoms with Gasteiger partial charge < -0.3 is 0 Å². The Morgan fingerprint density at radius 1 is 1.22 bits per heavy atom. The monoisotopic (exact) mass is 240 g/mol. The molecule has 4 nitrogen and oxygen atoms in total. The van der Waals surface area contributed by atoms with Gasteiger partial charge in [0.15, 0.2) is 5.78 Å². The highest BCUT2D eigenvalue weighted by molar-refractivity contribution is 6.09. The van der Waals surface area contributed by atoms with Gasteiger partial charge in [-0.1, -0.05) is 13.0 Å². The average Bonchev–Trinajstić information content (AvgIpc) is 2.37. The van der Waals surface area contributed by atoms with Crippen molar-refractivity contribution in [3.05, 3.63) is 34.9 Å². The number of carbonyl (C=O) groups excluding carboxylic acids is 2. The normalized spacial score (nSPS) is 9.28. The lowest BCUT2D eigenvalue weighted by atomic mass is 9.96. The van der Waals surface area contributed by atoms with Gasteiger partial charge in [0.1, 0.15) is 17.9 Å². The minimum Gasteiger partial charge on any atom is -0.299 e. The van der Waals surface area contributed by atoms with Crippen LogP contribution in [0.15, 0.2) is 18.2 Å². The quantitative estimate of drug-likeness (QED) is 0.584. The zero-order valence-corrected chi connectivity index (χ0v) is 10.1. The van der Waals surface area contributed by atoms with Crippen molar-refractivity contribution in [1.29, 1.82) is 10.5 Å². The number of hydrogen-bond acceptors (Lipinski definition) is 4. The van der Waals surface area contributed by atoms with E-state index in [0.717, 1.165) is 0 Å². The summed E-state index contributed by atoms with van der Waals surface area (Å²) in [6.07, 6.45) is 0.832. The molecule has 1 rings (SSSR count). The number of rotatable bonds is 5. The van der Waals surface area contributed by atoms with Crippen LogP contribution in [0.4, 0.5) is 0 Å². The minimum absolute atomic E-state index is 0.0503. The van der Waals surface area contributed by atoms with Crippen molar-refractivity contribution in [2.24, 2.45) is 0 Å². The van der Waals surface area contributed by atoms with Gasteiger partial charge >= 0.3 is 0 Å². The predicted octanol–water partition coefficient (Wildman–Crippen LogP) is 2.37. The summed E-state index contributed by atoms with van der Waals surface area (Å²) in [4.78, 5) is 23.3. The second-order valence-corrected chi connectivity index (χ2v) is 3.84. The van der Waals surface area contributed by atoms with E-state index in [0.29, 0.717) is 12.8 Å². The van der Waals surface area contributed by atoms with Gasteiger partial charge in [-0.3, -0.25) is 9.59 Å². The molecule has 1 aromatic carbocycles. The van der Waals surface area contributed by atoms with E-state index in [4.69, 9.17) is 10.5 Å². The molecule has 0 N–H and O–H groups in total. The van der Waals surface area contributed by atoms with Crippen LogP contribution < -0.4 is 0 Å². The Morgan fingerprint density at radius 2 is 1.94 bits per heavy atom. The summed E-state index contributed by atoms with van der Waals surface area (Å²) >= 11 is 0. The lowest BCUT2D eigenvalue weighted by molar-refractivity contribution is -0.118. The van der Waals surface area contributed by atoms with Crippen LogP contribution in [0.1, 0.15) is 47.7 Å². The molecule has 0 amide bonds. The van der Waals surface area contributed by atoms with Gasteiger partial charge in [0, 0.05) is 12.0 Å². The number of Topliss-reactive ketones (excluding diaryl/α,β-unsaturated/α-hetero) is 2. The Labute approximate surface area is 105 Å². The number of benzene rings is 1. The topological polar surface area (TPSA) is 81.7 Å². The molecule has 90 valence electrons. The van der Waals surface area contributed by atoms with Gasteiger partial charge in [0.05, 0.1) is 17.5 Å². The van der Waals surface area contributed by atoms with Crippen LogP contribution in [0.3, 0.4) is 0 Å². The largest absolute Gasteiger partial charge is 0.299 e. The summed E-state index contributed by atoms with van der Waals surface area (Å²) in [7, 11) is 0. The zero-order chi connectivity index (χ0) is 13.5. The summed E-state index contributed by atoms with van der Waals surface area (Å²) in [6, 6.07) is 8.19. The van der Waals surface area contributed by atoms with E-state index >= 15 is 0 Å². The Hall–Kier alpha value is -2.46. The molecule has 0 unspecified atom stereocenters. The number of hydrogen-bond donors (Lipinski definition) is 0. The van der Waals surface area contributed by atoms with Crippen molar-refractivity contribution in [2.75, 3.05) is 0 Å². The molecule has 0 aliphatic heterocycles. The van der Waals surface area contributed by atoms with Crippen LogP contribution in [-0.4, -0.2) is 11.6 Å². The fourth-order valence-electron chi connectivity index (χ4n) is 1.64. The molecule has 0 aliphatic rings. The van der Waals surface area contributed by atoms with Crippen LogP contribution >= 0.6 is 0 Å². The number of carbonyl (C=O) groups is 2. The second kappa shape index (κ2) is 6.32. The predicted molar refractivity (Wildman–Crippen MR) is 64.7 cm³/mol. The van der Waals surface area contributed by atoms with E-state index < -0.39 is 5.78 Å². The van der Waals surface area contributed by atoms with Gasteiger partial charge in [-0.05, 0) is 18.6 Å². The van der Waals surface area contributed by atoms with E-state index in [-0.39, 0.29) is 28.9 Å². The Bertz CT molecular complexity index is 562. The van der Waals surface area contributed by atoms with Crippen molar-refractivity contribution in [3.63, 3.8) is 0 Å². The fraction of sp³-hybridized carbons (Fsp3) is 0.286. The average molecular weight is 240 g/mol. The number of nitriles is 2. The maximum atomic E-state index is 11.9. The molecule has 0 aliphatic carbocycles. The summed E-state index contributed by atoms with van der Waals surface area (Å²) in [5.41, 5.74) is 0.363. The SMILES string of the molecule is CCCC(=O)CC(=O)c1cccc(C#N)c1C#N. The second-order valence-electron chi connectivity index (χ2n) is 3.84. The van der Waals surface area contributed by atoms with E-state index in [2.05, 4.69) is 0 Å². The first kappa shape index (κ1) is 13.6. The van der Waals surface area contributed by atoms with Crippen molar-refractivity contribution in [1.82, 2.24) is 0 Å². The van der Waals surface area contributed by atoms with Gasteiger partial charge in [0.2, 0.25) is 0 Å². The smallest absolute Gasteiger partial charge is 0.171 e. The minimum atomic E-state index is -0.401. The molecule has 0 saturated heterocycles. The molecule has 0 spiro atoms. The maximum absolute atomic E-state index is 11.9. The third-order valence-electron chi connectivity index (χ3n) is 2.48. The summed E-state index contributed by atoms with van der Waals surface area (Å²) in [6.45, 7) is 1.86. The lowest BCUT2D eigenvalue weighted by Crippen LogP contribution is -2.10. The van der Waals surface area contributed by atoms with Crippen molar-refractivity contribution < 1.29 is 9.59 Å². The fourth-order valence-corrected chi connectivity index (χ4v) is 1.64. The molecule has 0 saturated carbocycles. The third kappa shape index (κ3) is 3.02. The Morgan fingerprint density at radius 3 is 2.50 bits per heavy atom. The van der Waals surface area contributed by atoms with Crippen molar-refractivity contribution in [3.8, 4) is 12.1 Å². The highest BCUT2D eigenvalue weighted by Crippen LogP contribution is 2.15. The first-order valence-electron chi connectivity index (χ1n) is 5.62. The van der Waals surface area contributed by atoms with E-state index in [1.165, 1.54) is 18.2 Å². The van der Waals surface area contributed by atoms with Crippen molar-refractivity contribution in [2.45, 2.75) is 26.2 Å². The van der Waals surface area contributed by atoms with Gasteiger partial charge in [0.25, 0.3) is 0 Å². The molecular weight excluding hydrogens is 228 g/mol. The summed E-state index contributed by atoms with van der Waals surface area (Å²) in [5.74, 6) is -0.546. The van der Waals surface area contributed by atoms with Crippen LogP contribution in [0.5, 0.6) is 0 Å². The molecule has 0 atom stereocenters. The highest BCUT2D eigenvalue weighted by atomic mass is 16.1. The molecule has 0 fully saturated rings. The first-order valence-corrected chi connectivity index (χ1v) is 5.62. The molecule has 0 bridgehead atoms. The van der Waals surface area contributed by atoms with E-state index in [9.17, 15) is 9.59 Å². The molecule has 0 heterocycles. The third-order valence-corrected chi connectivity index (χ3v) is 2.48. The molecule has 18 heavy (non-hydrogen) atoms. The van der Waals surface area contributed by atoms with E-state index in [1.54, 1.807) is 0 Å². The van der Waals surface area contributed by atoms with Gasteiger partial charge in [-0.25, -0.2) is 0 Å².